The molecule has 1 aromatic carbocycles. The van der Waals surface area contributed by atoms with E-state index in [1.54, 1.807) is 12.1 Å². The highest BCUT2D eigenvalue weighted by molar-refractivity contribution is 5.65. The highest BCUT2D eigenvalue weighted by Crippen LogP contribution is 2.64. The Morgan fingerprint density at radius 3 is 2.96 bits per heavy atom. The van der Waals surface area contributed by atoms with Gasteiger partial charge in [0.1, 0.15) is 5.82 Å². The number of fused-ring (bicyclic) bond motifs is 1. The van der Waals surface area contributed by atoms with Gasteiger partial charge in [-0.3, -0.25) is 0 Å². The van der Waals surface area contributed by atoms with Crippen LogP contribution in [-0.2, 0) is 15.9 Å². The van der Waals surface area contributed by atoms with Crippen molar-refractivity contribution in [3.63, 3.8) is 0 Å². The summed E-state index contributed by atoms with van der Waals surface area (Å²) < 4.78 is 27.9. The molecule has 27 heavy (non-hydrogen) atoms. The molecule has 1 aliphatic heterocycles. The molecule has 1 unspecified atom stereocenters. The normalized spacial score (nSPS) is 29.2. The van der Waals surface area contributed by atoms with Gasteiger partial charge >= 0.3 is 0 Å². The number of ether oxygens (including phenoxy) is 2. The van der Waals surface area contributed by atoms with Crippen LogP contribution in [0.4, 0.5) is 4.39 Å². The maximum Gasteiger partial charge on any atom is 0.203 e. The van der Waals surface area contributed by atoms with E-state index in [2.05, 4.69) is 24.7 Å². The Bertz CT molecular complexity index is 932. The molecule has 0 radical (unpaired) electrons. The van der Waals surface area contributed by atoms with Gasteiger partial charge in [0.25, 0.3) is 0 Å². The van der Waals surface area contributed by atoms with Gasteiger partial charge in [0, 0.05) is 18.4 Å². The zero-order chi connectivity index (χ0) is 18.6. The molecule has 5 rings (SSSR count). The molecule has 1 spiro atoms. The van der Waals surface area contributed by atoms with Crippen LogP contribution in [0.5, 0.6) is 0 Å². The molecule has 3 atom stereocenters. The van der Waals surface area contributed by atoms with E-state index in [1.807, 2.05) is 17.0 Å². The standard InChI is InChI=1S/C22H23FN2O2/c1-3-19(4-2)26-22-11-5-6-16-12-20-15(13-21(16,22)27-22)14-24-25(20)18-9-7-17(23)8-10-18/h3,7-10,12,14,19H,1,4-6,11,13H2,2H3/t19-,21+,22?/m0/s1. The summed E-state index contributed by atoms with van der Waals surface area (Å²) in [7, 11) is 0. The van der Waals surface area contributed by atoms with Crippen molar-refractivity contribution in [2.45, 2.75) is 56.5 Å². The quantitative estimate of drug-likeness (QED) is 0.574. The Morgan fingerprint density at radius 2 is 2.22 bits per heavy atom. The van der Waals surface area contributed by atoms with E-state index in [9.17, 15) is 4.39 Å². The van der Waals surface area contributed by atoms with Crippen molar-refractivity contribution < 1.29 is 13.9 Å². The second-order valence-electron chi connectivity index (χ2n) is 7.63. The molecule has 2 fully saturated rings. The lowest BCUT2D eigenvalue weighted by Gasteiger charge is -2.31. The smallest absolute Gasteiger partial charge is 0.203 e. The lowest BCUT2D eigenvalue weighted by Crippen LogP contribution is -2.39. The molecule has 0 bridgehead atoms. The summed E-state index contributed by atoms with van der Waals surface area (Å²) >= 11 is 0. The summed E-state index contributed by atoms with van der Waals surface area (Å²) in [5.41, 5.74) is 3.99. The Kier molecular flexibility index (Phi) is 3.68. The highest BCUT2D eigenvalue weighted by atomic mass is 19.1. The number of epoxide rings is 1. The molecule has 1 saturated carbocycles. The average molecular weight is 366 g/mol. The molecule has 1 aromatic heterocycles. The van der Waals surface area contributed by atoms with Gasteiger partial charge < -0.3 is 9.47 Å². The molecule has 140 valence electrons. The summed E-state index contributed by atoms with van der Waals surface area (Å²) in [5, 5.41) is 4.56. The highest BCUT2D eigenvalue weighted by Gasteiger charge is 2.75. The van der Waals surface area contributed by atoms with Gasteiger partial charge in [0.2, 0.25) is 5.79 Å². The largest absolute Gasteiger partial charge is 0.339 e. The molecule has 4 nitrogen and oxygen atoms in total. The van der Waals surface area contributed by atoms with E-state index in [-0.39, 0.29) is 17.5 Å². The van der Waals surface area contributed by atoms with E-state index < -0.39 is 5.79 Å². The van der Waals surface area contributed by atoms with Crippen LogP contribution in [-0.4, -0.2) is 27.3 Å². The number of halogens is 1. The van der Waals surface area contributed by atoms with Crippen molar-refractivity contribution in [2.75, 3.05) is 0 Å². The van der Waals surface area contributed by atoms with Crippen molar-refractivity contribution in [3.8, 4) is 5.69 Å². The fraction of sp³-hybridized carbons (Fsp3) is 0.409. The molecular weight excluding hydrogens is 343 g/mol. The van der Waals surface area contributed by atoms with Crippen LogP contribution in [0.25, 0.3) is 11.8 Å². The minimum Gasteiger partial charge on any atom is -0.339 e. The van der Waals surface area contributed by atoms with E-state index in [0.717, 1.165) is 49.0 Å². The zero-order valence-corrected chi connectivity index (χ0v) is 15.5. The first-order valence-electron chi connectivity index (χ1n) is 9.65. The van der Waals surface area contributed by atoms with Gasteiger partial charge in [-0.05, 0) is 55.2 Å². The second kappa shape index (κ2) is 5.88. The first kappa shape index (κ1) is 16.9. The van der Waals surface area contributed by atoms with Crippen molar-refractivity contribution in [1.82, 2.24) is 9.78 Å². The monoisotopic (exact) mass is 366 g/mol. The lowest BCUT2D eigenvalue weighted by atomic mass is 9.75. The maximum atomic E-state index is 13.3. The number of hydrogen-bond donors (Lipinski definition) is 0. The first-order chi connectivity index (χ1) is 13.1. The zero-order valence-electron chi connectivity index (χ0n) is 15.5. The van der Waals surface area contributed by atoms with Crippen molar-refractivity contribution in [3.05, 3.63) is 65.8 Å². The topological polar surface area (TPSA) is 39.6 Å². The molecule has 2 aromatic rings. The molecule has 3 aliphatic rings. The maximum absolute atomic E-state index is 13.3. The molecule has 1 saturated heterocycles. The van der Waals surface area contributed by atoms with E-state index >= 15 is 0 Å². The molecule has 0 N–H and O–H groups in total. The first-order valence-corrected chi connectivity index (χ1v) is 9.65. The van der Waals surface area contributed by atoms with Gasteiger partial charge in [-0.15, -0.1) is 6.58 Å². The van der Waals surface area contributed by atoms with Crippen LogP contribution >= 0.6 is 0 Å². The Hall–Kier alpha value is -2.24. The Labute approximate surface area is 158 Å². The summed E-state index contributed by atoms with van der Waals surface area (Å²) in [6, 6.07) is 6.43. The summed E-state index contributed by atoms with van der Waals surface area (Å²) in [6.07, 6.45) is 10.6. The molecule has 5 heteroatoms. The fourth-order valence-corrected chi connectivity index (χ4v) is 4.63. The molecular formula is C22H23FN2O2. The lowest BCUT2D eigenvalue weighted by molar-refractivity contribution is -0.0815. The predicted molar refractivity (Wildman–Crippen MR) is 101 cm³/mol. The minimum atomic E-state index is -0.526. The Balaban J connectivity index is 1.51. The van der Waals surface area contributed by atoms with Crippen LogP contribution in [0.2, 0.25) is 0 Å². The number of hydrogen-bond acceptors (Lipinski definition) is 3. The molecule has 2 aliphatic carbocycles. The van der Waals surface area contributed by atoms with Crippen LogP contribution in [0.3, 0.4) is 0 Å². The third kappa shape index (κ3) is 2.38. The van der Waals surface area contributed by atoms with Crippen molar-refractivity contribution in [2.24, 2.45) is 0 Å². The molecule has 2 heterocycles. The minimum absolute atomic E-state index is 0.00654. The average Bonchev–Trinajstić information content (AvgIpc) is 3.16. The third-order valence-corrected chi connectivity index (χ3v) is 6.10. The van der Waals surface area contributed by atoms with E-state index in [4.69, 9.17) is 9.47 Å². The fourth-order valence-electron chi connectivity index (χ4n) is 4.63. The predicted octanol–water partition coefficient (Wildman–Crippen LogP) is 4.58. The van der Waals surface area contributed by atoms with Crippen LogP contribution < -0.4 is 0 Å². The number of benzene rings is 1. The van der Waals surface area contributed by atoms with Crippen molar-refractivity contribution in [1.29, 1.82) is 0 Å². The second-order valence-corrected chi connectivity index (χ2v) is 7.63. The van der Waals surface area contributed by atoms with Crippen molar-refractivity contribution >= 4 is 6.08 Å². The summed E-state index contributed by atoms with van der Waals surface area (Å²) in [5.74, 6) is -0.771. The van der Waals surface area contributed by atoms with Gasteiger partial charge in [0.15, 0.2) is 5.60 Å². The summed E-state index contributed by atoms with van der Waals surface area (Å²) in [6.45, 7) is 5.99. The van der Waals surface area contributed by atoms with E-state index in [1.165, 1.54) is 17.7 Å². The van der Waals surface area contributed by atoms with Gasteiger partial charge in [-0.2, -0.15) is 5.10 Å². The Morgan fingerprint density at radius 1 is 1.41 bits per heavy atom. The number of rotatable bonds is 5. The molecule has 0 amide bonds. The van der Waals surface area contributed by atoms with E-state index in [0.29, 0.717) is 0 Å². The SMILES string of the molecule is C=C[C@@H](CC)OC12CCCC3=Cc4c(cnn4-c4ccc(F)cc4)C[C@@]31O2. The third-order valence-electron chi connectivity index (χ3n) is 6.10. The van der Waals surface area contributed by atoms with Gasteiger partial charge in [-0.25, -0.2) is 9.07 Å². The van der Waals surface area contributed by atoms with Crippen LogP contribution in [0.15, 0.2) is 48.7 Å². The van der Waals surface area contributed by atoms with Gasteiger partial charge in [-0.1, -0.05) is 13.0 Å². The van der Waals surface area contributed by atoms with Crippen LogP contribution in [0.1, 0.15) is 43.9 Å². The summed E-state index contributed by atoms with van der Waals surface area (Å²) in [4.78, 5) is 0. The number of aromatic nitrogens is 2. The van der Waals surface area contributed by atoms with Gasteiger partial charge in [0.05, 0.1) is 23.7 Å². The van der Waals surface area contributed by atoms with Crippen LogP contribution in [0, 0.1) is 5.82 Å². The number of nitrogens with zero attached hydrogens (tertiary/aromatic N) is 2.